The van der Waals surface area contributed by atoms with Crippen LogP contribution < -0.4 is 15.4 Å². The minimum Gasteiger partial charge on any atom is -0.493 e. The molecule has 5 heterocycles. The zero-order valence-electron chi connectivity index (χ0n) is 20.8. The van der Waals surface area contributed by atoms with E-state index < -0.39 is 0 Å². The van der Waals surface area contributed by atoms with Gasteiger partial charge < -0.3 is 15.4 Å². The molecule has 1 aliphatic rings. The van der Waals surface area contributed by atoms with Crippen LogP contribution in [0.1, 0.15) is 18.4 Å². The second kappa shape index (κ2) is 10.4. The number of fused-ring (bicyclic) bond motifs is 1. The van der Waals surface area contributed by atoms with Crippen LogP contribution in [0.2, 0.25) is 0 Å². The lowest BCUT2D eigenvalue weighted by atomic mass is 10.1. The summed E-state index contributed by atoms with van der Waals surface area (Å²) in [6, 6.07) is 14.4. The van der Waals surface area contributed by atoms with Gasteiger partial charge in [-0.05, 0) is 49.0 Å². The summed E-state index contributed by atoms with van der Waals surface area (Å²) in [6.45, 7) is 3.60. The maximum absolute atomic E-state index is 6.00. The Bertz CT molecular complexity index is 1480. The Balaban J connectivity index is 1.10. The van der Waals surface area contributed by atoms with Gasteiger partial charge in [-0.3, -0.25) is 9.08 Å². The van der Waals surface area contributed by atoms with Crippen LogP contribution in [0, 0.1) is 5.92 Å². The third-order valence-corrected chi connectivity index (χ3v) is 6.84. The molecule has 1 fully saturated rings. The molecule has 4 aromatic heterocycles. The van der Waals surface area contributed by atoms with E-state index in [0.717, 1.165) is 65.8 Å². The zero-order chi connectivity index (χ0) is 25.0. The second-order valence-electron chi connectivity index (χ2n) is 9.47. The van der Waals surface area contributed by atoms with Crippen molar-refractivity contribution in [2.75, 3.05) is 25.0 Å². The molecule has 1 atom stereocenters. The molecule has 0 amide bonds. The maximum Gasteiger partial charge on any atom is 0.140 e. The molecule has 9 nitrogen and oxygen atoms in total. The van der Waals surface area contributed by atoms with Gasteiger partial charge in [0.15, 0.2) is 0 Å². The van der Waals surface area contributed by atoms with Gasteiger partial charge in [-0.2, -0.15) is 5.10 Å². The fourth-order valence-electron chi connectivity index (χ4n) is 4.72. The molecular formula is C28H30N8O. The monoisotopic (exact) mass is 494 g/mol. The van der Waals surface area contributed by atoms with Crippen molar-refractivity contribution in [1.82, 2.24) is 34.4 Å². The molecule has 1 aromatic carbocycles. The van der Waals surface area contributed by atoms with Crippen LogP contribution in [0.25, 0.3) is 28.2 Å². The first-order chi connectivity index (χ1) is 18.2. The summed E-state index contributed by atoms with van der Waals surface area (Å²) in [5, 5.41) is 11.1. The smallest absolute Gasteiger partial charge is 0.140 e. The maximum atomic E-state index is 6.00. The van der Waals surface area contributed by atoms with E-state index in [4.69, 9.17) is 4.74 Å². The first kappa shape index (κ1) is 23.2. The standard InChI is InChI=1S/C28H30N8O/c1-35-18-23(16-34-35)22-4-2-20(3-5-22)15-30-27-13-25(32-19-33-27)26-17-31-28-12-24(7-10-36(26)28)37-11-8-21-6-9-29-14-21/h2-5,7,10,12-13,16-19,21,29H,6,8-9,11,14-15H2,1H3,(H,30,32,33). The van der Waals surface area contributed by atoms with E-state index in [1.165, 1.54) is 12.0 Å². The van der Waals surface area contributed by atoms with Crippen molar-refractivity contribution < 1.29 is 4.74 Å². The predicted octanol–water partition coefficient (Wildman–Crippen LogP) is 4.18. The minimum atomic E-state index is 0.661. The highest BCUT2D eigenvalue weighted by Crippen LogP contribution is 2.24. The van der Waals surface area contributed by atoms with E-state index in [9.17, 15) is 0 Å². The van der Waals surface area contributed by atoms with E-state index in [0.29, 0.717) is 12.5 Å². The van der Waals surface area contributed by atoms with Gasteiger partial charge in [-0.1, -0.05) is 24.3 Å². The fraction of sp³-hybridized carbons (Fsp3) is 0.286. The van der Waals surface area contributed by atoms with Crippen LogP contribution in [0.3, 0.4) is 0 Å². The van der Waals surface area contributed by atoms with Crippen LogP contribution in [0.4, 0.5) is 5.82 Å². The molecular weight excluding hydrogens is 464 g/mol. The van der Waals surface area contributed by atoms with Crippen LogP contribution in [0.5, 0.6) is 5.75 Å². The molecule has 0 radical (unpaired) electrons. The van der Waals surface area contributed by atoms with E-state index in [1.54, 1.807) is 6.33 Å². The highest BCUT2D eigenvalue weighted by atomic mass is 16.5. The summed E-state index contributed by atoms with van der Waals surface area (Å²) in [4.78, 5) is 13.5. The van der Waals surface area contributed by atoms with Crippen LogP contribution in [0.15, 0.2) is 73.6 Å². The molecule has 0 aliphatic carbocycles. The van der Waals surface area contributed by atoms with Gasteiger partial charge in [0.25, 0.3) is 0 Å². The number of anilines is 1. The number of ether oxygens (including phenoxy) is 1. The third kappa shape index (κ3) is 5.31. The first-order valence-corrected chi connectivity index (χ1v) is 12.7. The molecule has 0 bridgehead atoms. The number of nitrogens with one attached hydrogen (secondary N) is 2. The van der Waals surface area contributed by atoms with Crippen LogP contribution >= 0.6 is 0 Å². The van der Waals surface area contributed by atoms with Crippen molar-refractivity contribution in [3.05, 3.63) is 79.1 Å². The average molecular weight is 495 g/mol. The highest BCUT2D eigenvalue weighted by molar-refractivity contribution is 5.64. The number of aryl methyl sites for hydroxylation is 1. The van der Waals surface area contributed by atoms with Crippen molar-refractivity contribution in [3.8, 4) is 28.3 Å². The zero-order valence-corrected chi connectivity index (χ0v) is 20.8. The van der Waals surface area contributed by atoms with E-state index in [1.807, 2.05) is 59.1 Å². The van der Waals surface area contributed by atoms with Crippen molar-refractivity contribution in [3.63, 3.8) is 0 Å². The molecule has 2 N–H and O–H groups in total. The Morgan fingerprint density at radius 3 is 2.78 bits per heavy atom. The summed E-state index contributed by atoms with van der Waals surface area (Å²) in [5.74, 6) is 2.32. The Morgan fingerprint density at radius 1 is 1.05 bits per heavy atom. The molecule has 0 saturated carbocycles. The van der Waals surface area contributed by atoms with Gasteiger partial charge in [0.2, 0.25) is 0 Å². The molecule has 1 aliphatic heterocycles. The Hall–Kier alpha value is -4.24. The van der Waals surface area contributed by atoms with Gasteiger partial charge in [-0.15, -0.1) is 0 Å². The number of rotatable bonds is 9. The number of nitrogens with zero attached hydrogens (tertiary/aromatic N) is 6. The highest BCUT2D eigenvalue weighted by Gasteiger charge is 2.14. The number of benzene rings is 1. The van der Waals surface area contributed by atoms with Gasteiger partial charge in [0, 0.05) is 43.7 Å². The Labute approximate surface area is 215 Å². The first-order valence-electron chi connectivity index (χ1n) is 12.7. The van der Waals surface area contributed by atoms with E-state index in [-0.39, 0.29) is 0 Å². The van der Waals surface area contributed by atoms with Crippen LogP contribution in [-0.2, 0) is 13.6 Å². The van der Waals surface area contributed by atoms with Gasteiger partial charge in [0.05, 0.1) is 30.4 Å². The number of hydrogen-bond acceptors (Lipinski definition) is 7. The van der Waals surface area contributed by atoms with Crippen molar-refractivity contribution in [2.24, 2.45) is 13.0 Å². The summed E-state index contributed by atoms with van der Waals surface area (Å²) >= 11 is 0. The van der Waals surface area contributed by atoms with Crippen molar-refractivity contribution >= 4 is 11.5 Å². The quantitative estimate of drug-likeness (QED) is 0.317. The Kier molecular flexibility index (Phi) is 6.51. The molecule has 0 spiro atoms. The molecule has 6 rings (SSSR count). The number of pyridine rings is 1. The SMILES string of the molecule is Cn1cc(-c2ccc(CNc3cc(-c4cnc5cc(OCCC6CCNC6)ccn45)ncn3)cc2)cn1. The second-order valence-corrected chi connectivity index (χ2v) is 9.47. The topological polar surface area (TPSA) is 94.2 Å². The summed E-state index contributed by atoms with van der Waals surface area (Å²) in [7, 11) is 1.92. The van der Waals surface area contributed by atoms with Crippen molar-refractivity contribution in [2.45, 2.75) is 19.4 Å². The minimum absolute atomic E-state index is 0.661. The van der Waals surface area contributed by atoms with E-state index in [2.05, 4.69) is 54.9 Å². The lowest BCUT2D eigenvalue weighted by Crippen LogP contribution is -2.11. The number of imidazole rings is 1. The summed E-state index contributed by atoms with van der Waals surface area (Å²) in [5.41, 5.74) is 5.96. The third-order valence-electron chi connectivity index (χ3n) is 6.84. The molecule has 37 heavy (non-hydrogen) atoms. The normalized spacial score (nSPS) is 15.3. The fourth-order valence-corrected chi connectivity index (χ4v) is 4.72. The molecule has 1 unspecified atom stereocenters. The number of aromatic nitrogens is 6. The molecule has 5 aromatic rings. The van der Waals surface area contributed by atoms with Crippen molar-refractivity contribution in [1.29, 1.82) is 0 Å². The van der Waals surface area contributed by atoms with Gasteiger partial charge in [0.1, 0.15) is 23.5 Å². The predicted molar refractivity (Wildman–Crippen MR) is 143 cm³/mol. The largest absolute Gasteiger partial charge is 0.493 e. The lowest BCUT2D eigenvalue weighted by molar-refractivity contribution is 0.283. The van der Waals surface area contributed by atoms with Gasteiger partial charge in [-0.25, -0.2) is 15.0 Å². The Morgan fingerprint density at radius 2 is 1.97 bits per heavy atom. The molecule has 188 valence electrons. The summed E-state index contributed by atoms with van der Waals surface area (Å²) in [6.07, 6.45) is 11.6. The van der Waals surface area contributed by atoms with Gasteiger partial charge >= 0.3 is 0 Å². The lowest BCUT2D eigenvalue weighted by Gasteiger charge is -2.10. The van der Waals surface area contributed by atoms with E-state index >= 15 is 0 Å². The molecule has 9 heteroatoms. The summed E-state index contributed by atoms with van der Waals surface area (Å²) < 4.78 is 9.83. The average Bonchev–Trinajstić information content (AvgIpc) is 3.69. The number of hydrogen-bond donors (Lipinski definition) is 2. The van der Waals surface area contributed by atoms with Crippen LogP contribution in [-0.4, -0.2) is 48.8 Å². The molecule has 1 saturated heterocycles.